The zero-order chi connectivity index (χ0) is 29.0. The number of allylic oxidation sites excluding steroid dienone is 6. The van der Waals surface area contributed by atoms with Gasteiger partial charge in [0.1, 0.15) is 18.8 Å². The van der Waals surface area contributed by atoms with E-state index in [9.17, 15) is 4.39 Å². The van der Waals surface area contributed by atoms with Gasteiger partial charge >= 0.3 is 0 Å². The second kappa shape index (κ2) is 26.5. The minimum absolute atomic E-state index is 0.639. The standard InChI is InChI=1S/C21H28N6.C3H6.C2H4FN.2C2H6/c1-3-4-9-19-14-27(17-24-20(19)15-26-13-12-23-16-26)25-21(22-2)18-10-7-5-6-8-11-18;1-3-2;3-1-2-4;2*1-2/h5-7,10-13,16-17H,3-4,8-9,14-15H2,1-2H3,(H,22,25);3H,1H2,2H3;2,4H,1H2;2*1-2H3. The summed E-state index contributed by atoms with van der Waals surface area (Å²) in [5.41, 5.74) is 7.01. The molecule has 0 fully saturated rings. The monoisotopic (exact) mass is 527 g/mol. The summed E-state index contributed by atoms with van der Waals surface area (Å²) in [6.07, 6.45) is 24.8. The topological polar surface area (TPSA) is 81.7 Å². The summed E-state index contributed by atoms with van der Waals surface area (Å²) in [6, 6.07) is 0. The Kier molecular flexibility index (Phi) is 25.5. The molecule has 0 amide bonds. The van der Waals surface area contributed by atoms with Gasteiger partial charge in [-0.25, -0.2) is 14.4 Å². The van der Waals surface area contributed by atoms with Gasteiger partial charge in [0.25, 0.3) is 0 Å². The Hall–Kier alpha value is -3.55. The largest absolute Gasteiger partial charge is 0.331 e. The van der Waals surface area contributed by atoms with Crippen molar-refractivity contribution in [3.63, 3.8) is 0 Å². The van der Waals surface area contributed by atoms with Crippen molar-refractivity contribution in [2.24, 2.45) is 9.98 Å². The summed E-state index contributed by atoms with van der Waals surface area (Å²) in [6.45, 7) is 16.4. The summed E-state index contributed by atoms with van der Waals surface area (Å²) in [5.74, 6) is 0.856. The molecule has 3 rings (SSSR count). The maximum absolute atomic E-state index is 10.5. The molecule has 1 aliphatic carbocycles. The van der Waals surface area contributed by atoms with Gasteiger partial charge in [-0.3, -0.25) is 15.4 Å². The highest BCUT2D eigenvalue weighted by Crippen LogP contribution is 2.20. The van der Waals surface area contributed by atoms with Crippen LogP contribution in [-0.4, -0.2) is 53.2 Å². The molecule has 0 radical (unpaired) electrons. The van der Waals surface area contributed by atoms with E-state index < -0.39 is 6.67 Å². The van der Waals surface area contributed by atoms with E-state index in [0.717, 1.165) is 43.0 Å². The molecule has 0 atom stereocenters. The highest BCUT2D eigenvalue weighted by Gasteiger charge is 2.17. The number of rotatable bonds is 8. The molecule has 1 aromatic heterocycles. The molecule has 0 saturated heterocycles. The molecule has 212 valence electrons. The summed E-state index contributed by atoms with van der Waals surface area (Å²) in [5, 5.41) is 7.98. The molecule has 2 N–H and O–H groups in total. The second-order valence-electron chi connectivity index (χ2n) is 7.39. The van der Waals surface area contributed by atoms with Crippen LogP contribution >= 0.6 is 0 Å². The van der Waals surface area contributed by atoms with E-state index in [4.69, 9.17) is 10.4 Å². The molecule has 38 heavy (non-hydrogen) atoms. The van der Waals surface area contributed by atoms with Crippen LogP contribution in [0.5, 0.6) is 0 Å². The number of amidine groups is 1. The minimum Gasteiger partial charge on any atom is -0.331 e. The number of nitrogens with zero attached hydrogens (tertiary/aromatic N) is 5. The Labute approximate surface area is 230 Å². The first-order valence-corrected chi connectivity index (χ1v) is 13.5. The first-order chi connectivity index (χ1) is 18.6. The normalized spacial score (nSPS) is 13.6. The van der Waals surface area contributed by atoms with Crippen LogP contribution in [0.4, 0.5) is 4.39 Å². The summed E-state index contributed by atoms with van der Waals surface area (Å²) < 4.78 is 12.5. The summed E-state index contributed by atoms with van der Waals surface area (Å²) >= 11 is 0. The molecule has 1 aromatic rings. The van der Waals surface area contributed by atoms with Crippen LogP contribution in [0.25, 0.3) is 0 Å². The Morgan fingerprint density at radius 3 is 2.50 bits per heavy atom. The van der Waals surface area contributed by atoms with Crippen molar-refractivity contribution in [3.8, 4) is 0 Å². The van der Waals surface area contributed by atoms with Crippen molar-refractivity contribution in [3.05, 3.63) is 78.6 Å². The van der Waals surface area contributed by atoms with E-state index in [1.165, 1.54) is 18.4 Å². The number of aromatic nitrogens is 2. The molecular formula is C30H50FN7. The molecular weight excluding hydrogens is 477 g/mol. The predicted octanol–water partition coefficient (Wildman–Crippen LogP) is 7.50. The zero-order valence-corrected chi connectivity index (χ0v) is 24.6. The Morgan fingerprint density at radius 2 is 1.95 bits per heavy atom. The third-order valence-electron chi connectivity index (χ3n) is 4.67. The molecule has 0 spiro atoms. The number of imidazole rings is 1. The Bertz CT molecular complexity index is 907. The fourth-order valence-corrected chi connectivity index (χ4v) is 3.09. The number of alkyl halides is 1. The molecule has 0 bridgehead atoms. The van der Waals surface area contributed by atoms with E-state index in [1.807, 2.05) is 71.6 Å². The van der Waals surface area contributed by atoms with Crippen LogP contribution in [0.15, 0.2) is 88.6 Å². The average molecular weight is 528 g/mol. The van der Waals surface area contributed by atoms with Crippen molar-refractivity contribution in [1.29, 1.82) is 5.41 Å². The zero-order valence-electron chi connectivity index (χ0n) is 24.6. The SMILES string of the molecule is C=CC.CC.CC.CCCCC1=C(Cn2ccnc2)N=CN(NC(=NC)C2=CCC=CC=C2)C1.N=CCF. The van der Waals surface area contributed by atoms with Gasteiger partial charge in [-0.05, 0) is 31.8 Å². The summed E-state index contributed by atoms with van der Waals surface area (Å²) in [7, 11) is 1.81. The van der Waals surface area contributed by atoms with Crippen LogP contribution < -0.4 is 5.43 Å². The highest BCUT2D eigenvalue weighted by molar-refractivity contribution is 6.01. The third kappa shape index (κ3) is 16.2. The minimum atomic E-state index is -0.639. The van der Waals surface area contributed by atoms with Crippen molar-refractivity contribution in [2.75, 3.05) is 20.3 Å². The Morgan fingerprint density at radius 1 is 1.26 bits per heavy atom. The molecule has 1 aliphatic heterocycles. The molecule has 0 unspecified atom stereocenters. The first-order valence-electron chi connectivity index (χ1n) is 13.5. The molecule has 0 aromatic carbocycles. The van der Waals surface area contributed by atoms with Gasteiger partial charge in [-0.1, -0.05) is 77.5 Å². The van der Waals surface area contributed by atoms with Gasteiger partial charge in [0.15, 0.2) is 0 Å². The molecule has 8 heteroatoms. The quantitative estimate of drug-likeness (QED) is 0.209. The smallest absolute Gasteiger partial charge is 0.146 e. The molecule has 2 aliphatic rings. The van der Waals surface area contributed by atoms with E-state index in [-0.39, 0.29) is 0 Å². The third-order valence-corrected chi connectivity index (χ3v) is 4.67. The van der Waals surface area contributed by atoms with Crippen molar-refractivity contribution in [1.82, 2.24) is 20.0 Å². The van der Waals surface area contributed by atoms with Crippen LogP contribution in [0.3, 0.4) is 0 Å². The number of hydrogen-bond acceptors (Lipinski definition) is 5. The Balaban J connectivity index is 0. The number of unbranched alkanes of at least 4 members (excludes halogenated alkanes) is 1. The number of hydrazine groups is 1. The van der Waals surface area contributed by atoms with Gasteiger partial charge in [-0.2, -0.15) is 0 Å². The fraction of sp³-hybridized carbons (Fsp3) is 0.467. The van der Waals surface area contributed by atoms with Crippen LogP contribution in [-0.2, 0) is 6.54 Å². The maximum atomic E-state index is 10.5. The number of hydrogen-bond donors (Lipinski definition) is 2. The lowest BCUT2D eigenvalue weighted by Gasteiger charge is -2.28. The lowest BCUT2D eigenvalue weighted by Crippen LogP contribution is -2.44. The molecule has 0 saturated carbocycles. The first kappa shape index (κ1) is 36.6. The van der Waals surface area contributed by atoms with Gasteiger partial charge in [0, 0.05) is 31.2 Å². The number of nitrogens with one attached hydrogen (secondary N) is 2. The van der Waals surface area contributed by atoms with Crippen molar-refractivity contribution >= 4 is 18.4 Å². The maximum Gasteiger partial charge on any atom is 0.146 e. The lowest BCUT2D eigenvalue weighted by molar-refractivity contribution is 0.401. The van der Waals surface area contributed by atoms with Crippen molar-refractivity contribution < 1.29 is 4.39 Å². The summed E-state index contributed by atoms with van der Waals surface area (Å²) in [4.78, 5) is 13.3. The molecule has 2 heterocycles. The van der Waals surface area contributed by atoms with E-state index in [1.54, 1.807) is 12.3 Å². The van der Waals surface area contributed by atoms with Gasteiger partial charge in [0.2, 0.25) is 0 Å². The highest BCUT2D eigenvalue weighted by atomic mass is 19.1. The fourth-order valence-electron chi connectivity index (χ4n) is 3.09. The average Bonchev–Trinajstić information content (AvgIpc) is 3.33. The van der Waals surface area contributed by atoms with Crippen LogP contribution in [0.1, 0.15) is 67.2 Å². The van der Waals surface area contributed by atoms with Crippen molar-refractivity contribution in [2.45, 2.75) is 73.8 Å². The van der Waals surface area contributed by atoms with E-state index >= 15 is 0 Å². The van der Waals surface area contributed by atoms with Gasteiger partial charge in [0.05, 0.1) is 25.1 Å². The number of aliphatic imine (C=N–C) groups is 2. The second-order valence-corrected chi connectivity index (χ2v) is 7.39. The molecule has 7 nitrogen and oxygen atoms in total. The predicted molar refractivity (Wildman–Crippen MR) is 165 cm³/mol. The van der Waals surface area contributed by atoms with Gasteiger partial charge < -0.3 is 9.98 Å². The van der Waals surface area contributed by atoms with Gasteiger partial charge in [-0.15, -0.1) is 6.58 Å². The van der Waals surface area contributed by atoms with Crippen LogP contribution in [0.2, 0.25) is 0 Å². The lowest BCUT2D eigenvalue weighted by atomic mass is 10.1. The number of halogens is 1. The van der Waals surface area contributed by atoms with E-state index in [0.29, 0.717) is 6.21 Å². The van der Waals surface area contributed by atoms with E-state index in [2.05, 4.69) is 57.8 Å². The van der Waals surface area contributed by atoms with Crippen LogP contribution in [0, 0.1) is 5.41 Å².